The molecule has 0 aromatic heterocycles. The molecule has 0 saturated carbocycles. The molecule has 3 heteroatoms. The van der Waals surface area contributed by atoms with Crippen LogP contribution in [0.2, 0.25) is 0 Å². The fourth-order valence-electron chi connectivity index (χ4n) is 1.63. The zero-order chi connectivity index (χ0) is 14.4. The zero-order valence-electron chi connectivity index (χ0n) is 12.7. The molecule has 1 rings (SSSR count). The molecule has 0 saturated heterocycles. The van der Waals surface area contributed by atoms with Crippen LogP contribution in [-0.4, -0.2) is 11.8 Å². The Balaban J connectivity index is 2.73. The molecule has 19 heavy (non-hydrogen) atoms. The molecule has 0 heterocycles. The number of halogens is 1. The van der Waals surface area contributed by atoms with Crippen LogP contribution in [0.15, 0.2) is 23.1 Å². The summed E-state index contributed by atoms with van der Waals surface area (Å²) in [5, 5.41) is 3.93. The standard InChI is InChI=1S/C16H26FNS/c1-11(2)9-18-10-14-8-15(17)6-7-16(14)19-13(5)12(3)4/h6-8,11-13,18H,9-10H2,1-5H3. The van der Waals surface area contributed by atoms with E-state index in [4.69, 9.17) is 0 Å². The second-order valence-corrected chi connectivity index (χ2v) is 7.26. The molecule has 1 aromatic carbocycles. The highest BCUT2D eigenvalue weighted by atomic mass is 32.2. The van der Waals surface area contributed by atoms with Crippen molar-refractivity contribution in [3.8, 4) is 0 Å². The van der Waals surface area contributed by atoms with Gasteiger partial charge in [0.05, 0.1) is 0 Å². The highest BCUT2D eigenvalue weighted by Gasteiger charge is 2.12. The van der Waals surface area contributed by atoms with Gasteiger partial charge in [0.25, 0.3) is 0 Å². The summed E-state index contributed by atoms with van der Waals surface area (Å²) in [6.45, 7) is 12.7. The highest BCUT2D eigenvalue weighted by molar-refractivity contribution is 8.00. The minimum absolute atomic E-state index is 0.150. The van der Waals surface area contributed by atoms with E-state index >= 15 is 0 Å². The molecule has 0 aliphatic heterocycles. The molecule has 0 amide bonds. The highest BCUT2D eigenvalue weighted by Crippen LogP contribution is 2.31. The van der Waals surface area contributed by atoms with Crippen LogP contribution in [0.25, 0.3) is 0 Å². The smallest absolute Gasteiger partial charge is 0.123 e. The van der Waals surface area contributed by atoms with Gasteiger partial charge in [-0.05, 0) is 42.1 Å². The third kappa shape index (κ3) is 5.96. The first kappa shape index (κ1) is 16.5. The summed E-state index contributed by atoms with van der Waals surface area (Å²) in [5.74, 6) is 1.08. The van der Waals surface area contributed by atoms with E-state index in [-0.39, 0.29) is 5.82 Å². The molecule has 1 atom stereocenters. The van der Waals surface area contributed by atoms with E-state index in [1.165, 1.54) is 4.90 Å². The number of hydrogen-bond donors (Lipinski definition) is 1. The van der Waals surface area contributed by atoms with Crippen molar-refractivity contribution in [3.63, 3.8) is 0 Å². The topological polar surface area (TPSA) is 12.0 Å². The van der Waals surface area contributed by atoms with Gasteiger partial charge in [0.15, 0.2) is 0 Å². The van der Waals surface area contributed by atoms with Crippen molar-refractivity contribution in [1.29, 1.82) is 0 Å². The lowest BCUT2D eigenvalue weighted by molar-refractivity contribution is 0.547. The van der Waals surface area contributed by atoms with E-state index in [1.54, 1.807) is 12.1 Å². The van der Waals surface area contributed by atoms with E-state index in [2.05, 4.69) is 39.9 Å². The monoisotopic (exact) mass is 283 g/mol. The fourth-order valence-corrected chi connectivity index (χ4v) is 2.73. The van der Waals surface area contributed by atoms with Gasteiger partial charge in [0, 0.05) is 16.7 Å². The Kier molecular flexibility index (Phi) is 6.87. The van der Waals surface area contributed by atoms with Gasteiger partial charge < -0.3 is 5.32 Å². The first-order valence-electron chi connectivity index (χ1n) is 7.06. The molecule has 0 aliphatic rings. The Bertz CT molecular complexity index is 390. The Labute approximate surface area is 121 Å². The average Bonchev–Trinajstić information content (AvgIpc) is 2.31. The summed E-state index contributed by atoms with van der Waals surface area (Å²) in [5.41, 5.74) is 1.07. The number of nitrogens with one attached hydrogen (secondary N) is 1. The van der Waals surface area contributed by atoms with Gasteiger partial charge in [0.1, 0.15) is 5.82 Å². The molecule has 0 radical (unpaired) electrons. The number of rotatable bonds is 7. The van der Waals surface area contributed by atoms with Crippen LogP contribution in [0, 0.1) is 17.7 Å². The normalized spacial score (nSPS) is 13.3. The Morgan fingerprint density at radius 2 is 1.84 bits per heavy atom. The minimum atomic E-state index is -0.150. The molecule has 108 valence electrons. The largest absolute Gasteiger partial charge is 0.312 e. The first-order chi connectivity index (χ1) is 8.90. The third-order valence-electron chi connectivity index (χ3n) is 3.14. The molecule has 0 aliphatic carbocycles. The molecule has 0 fully saturated rings. The average molecular weight is 283 g/mol. The van der Waals surface area contributed by atoms with Gasteiger partial charge in [-0.1, -0.05) is 34.6 Å². The number of thioether (sulfide) groups is 1. The van der Waals surface area contributed by atoms with E-state index in [1.807, 2.05) is 17.8 Å². The molecule has 1 nitrogen and oxygen atoms in total. The SMILES string of the molecule is CC(C)CNCc1cc(F)ccc1SC(C)C(C)C. The predicted octanol–water partition coefficient (Wildman–Crippen LogP) is 4.71. The van der Waals surface area contributed by atoms with Gasteiger partial charge in [-0.15, -0.1) is 11.8 Å². The van der Waals surface area contributed by atoms with Crippen LogP contribution >= 0.6 is 11.8 Å². The lowest BCUT2D eigenvalue weighted by Crippen LogP contribution is -2.19. The molecule has 1 aromatic rings. The Morgan fingerprint density at radius 1 is 1.16 bits per heavy atom. The molecular formula is C16H26FNS. The lowest BCUT2D eigenvalue weighted by atomic mass is 10.1. The summed E-state index contributed by atoms with van der Waals surface area (Å²) >= 11 is 1.84. The molecular weight excluding hydrogens is 257 g/mol. The fraction of sp³-hybridized carbons (Fsp3) is 0.625. The van der Waals surface area contributed by atoms with Crippen LogP contribution in [0.1, 0.15) is 40.2 Å². The van der Waals surface area contributed by atoms with Crippen molar-refractivity contribution in [2.75, 3.05) is 6.54 Å². The lowest BCUT2D eigenvalue weighted by Gasteiger charge is -2.18. The van der Waals surface area contributed by atoms with Crippen molar-refractivity contribution in [2.45, 2.75) is 51.3 Å². The van der Waals surface area contributed by atoms with Gasteiger partial charge in [0.2, 0.25) is 0 Å². The van der Waals surface area contributed by atoms with Crippen LogP contribution in [-0.2, 0) is 6.54 Å². The second-order valence-electron chi connectivity index (χ2n) is 5.84. The maximum atomic E-state index is 13.4. The summed E-state index contributed by atoms with van der Waals surface area (Å²) in [4.78, 5) is 1.19. The van der Waals surface area contributed by atoms with E-state index in [0.29, 0.717) is 17.1 Å². The third-order valence-corrected chi connectivity index (χ3v) is 4.71. The van der Waals surface area contributed by atoms with Crippen molar-refractivity contribution >= 4 is 11.8 Å². The number of hydrogen-bond acceptors (Lipinski definition) is 2. The van der Waals surface area contributed by atoms with Crippen LogP contribution in [0.3, 0.4) is 0 Å². The maximum absolute atomic E-state index is 13.4. The van der Waals surface area contributed by atoms with Gasteiger partial charge in [-0.2, -0.15) is 0 Å². The van der Waals surface area contributed by atoms with Crippen LogP contribution in [0.4, 0.5) is 4.39 Å². The van der Waals surface area contributed by atoms with Crippen LogP contribution in [0.5, 0.6) is 0 Å². The second kappa shape index (κ2) is 7.91. The zero-order valence-corrected chi connectivity index (χ0v) is 13.5. The molecule has 1 unspecified atom stereocenters. The van der Waals surface area contributed by atoms with Gasteiger partial charge >= 0.3 is 0 Å². The summed E-state index contributed by atoms with van der Waals surface area (Å²) in [6.07, 6.45) is 0. The van der Waals surface area contributed by atoms with E-state index < -0.39 is 0 Å². The summed E-state index contributed by atoms with van der Waals surface area (Å²) in [6, 6.07) is 5.12. The van der Waals surface area contributed by atoms with Crippen molar-refractivity contribution in [2.24, 2.45) is 11.8 Å². The predicted molar refractivity (Wildman–Crippen MR) is 83.1 cm³/mol. The summed E-state index contributed by atoms with van der Waals surface area (Å²) in [7, 11) is 0. The molecule has 1 N–H and O–H groups in total. The maximum Gasteiger partial charge on any atom is 0.123 e. The van der Waals surface area contributed by atoms with Crippen molar-refractivity contribution in [1.82, 2.24) is 5.32 Å². The van der Waals surface area contributed by atoms with E-state index in [0.717, 1.165) is 18.7 Å². The van der Waals surface area contributed by atoms with E-state index in [9.17, 15) is 4.39 Å². The van der Waals surface area contributed by atoms with Crippen molar-refractivity contribution < 1.29 is 4.39 Å². The summed E-state index contributed by atoms with van der Waals surface area (Å²) < 4.78 is 13.4. The minimum Gasteiger partial charge on any atom is -0.312 e. The van der Waals surface area contributed by atoms with Gasteiger partial charge in [-0.3, -0.25) is 0 Å². The Morgan fingerprint density at radius 3 is 2.42 bits per heavy atom. The van der Waals surface area contributed by atoms with Crippen LogP contribution < -0.4 is 5.32 Å². The first-order valence-corrected chi connectivity index (χ1v) is 7.94. The van der Waals surface area contributed by atoms with Crippen molar-refractivity contribution in [3.05, 3.63) is 29.6 Å². The molecule has 0 spiro atoms. The quantitative estimate of drug-likeness (QED) is 0.727. The van der Waals surface area contributed by atoms with Gasteiger partial charge in [-0.25, -0.2) is 4.39 Å². The molecule has 0 bridgehead atoms. The number of benzene rings is 1. The Hall–Kier alpha value is -0.540.